The number of rotatable bonds is 8. The monoisotopic (exact) mass is 297 g/mol. The van der Waals surface area contributed by atoms with Gasteiger partial charge in [-0.25, -0.2) is 13.8 Å². The van der Waals surface area contributed by atoms with E-state index in [2.05, 4.69) is 15.6 Å². The number of pyridine rings is 1. The van der Waals surface area contributed by atoms with Crippen LogP contribution in [0.4, 0.5) is 20.4 Å². The van der Waals surface area contributed by atoms with Crippen molar-refractivity contribution in [1.82, 2.24) is 4.98 Å². The number of halogens is 2. The van der Waals surface area contributed by atoms with Gasteiger partial charge in [0.2, 0.25) is 0 Å². The fourth-order valence-corrected chi connectivity index (χ4v) is 2.85. The summed E-state index contributed by atoms with van der Waals surface area (Å²) in [7, 11) is 0. The van der Waals surface area contributed by atoms with Crippen molar-refractivity contribution >= 4 is 11.6 Å². The van der Waals surface area contributed by atoms with E-state index in [9.17, 15) is 8.78 Å². The first-order valence-corrected chi connectivity index (χ1v) is 8.04. The molecule has 1 fully saturated rings. The molecule has 2 N–H and O–H groups in total. The van der Waals surface area contributed by atoms with E-state index in [1.165, 1.54) is 32.1 Å². The Bertz CT molecular complexity index is 445. The fraction of sp³-hybridized carbons (Fsp3) is 0.688. The molecule has 0 bridgehead atoms. The van der Waals surface area contributed by atoms with E-state index in [0.717, 1.165) is 24.8 Å². The molecule has 2 rings (SSSR count). The molecule has 0 spiro atoms. The van der Waals surface area contributed by atoms with Gasteiger partial charge in [0.15, 0.2) is 23.3 Å². The van der Waals surface area contributed by atoms with Crippen LogP contribution in [0.15, 0.2) is 6.07 Å². The van der Waals surface area contributed by atoms with Gasteiger partial charge in [0.25, 0.3) is 0 Å². The molecular formula is C16H25F2N3. The third-order valence-corrected chi connectivity index (χ3v) is 4.03. The molecule has 1 heterocycles. The minimum atomic E-state index is -0.641. The molecule has 0 atom stereocenters. The molecule has 0 radical (unpaired) electrons. The minimum absolute atomic E-state index is 0.122. The molecule has 3 nitrogen and oxygen atoms in total. The summed E-state index contributed by atoms with van der Waals surface area (Å²) < 4.78 is 27.2. The third kappa shape index (κ3) is 4.83. The topological polar surface area (TPSA) is 37.0 Å². The van der Waals surface area contributed by atoms with E-state index < -0.39 is 11.6 Å². The van der Waals surface area contributed by atoms with Crippen LogP contribution in [0.3, 0.4) is 0 Å². The lowest BCUT2D eigenvalue weighted by Crippen LogP contribution is -2.11. The smallest absolute Gasteiger partial charge is 0.168 e. The Hall–Kier alpha value is -1.39. The van der Waals surface area contributed by atoms with Crippen LogP contribution in [-0.2, 0) is 0 Å². The zero-order valence-corrected chi connectivity index (χ0v) is 12.7. The number of hydrogen-bond acceptors (Lipinski definition) is 3. The van der Waals surface area contributed by atoms with Crippen molar-refractivity contribution in [2.75, 3.05) is 23.7 Å². The summed E-state index contributed by atoms with van der Waals surface area (Å²) in [6.45, 7) is 3.28. The Balaban J connectivity index is 1.83. The Morgan fingerprint density at radius 1 is 1.10 bits per heavy atom. The first kappa shape index (κ1) is 16.0. The van der Waals surface area contributed by atoms with Gasteiger partial charge in [-0.05, 0) is 25.2 Å². The summed E-state index contributed by atoms with van der Waals surface area (Å²) in [4.78, 5) is 4.01. The number of nitrogens with zero attached hydrogens (tertiary/aromatic N) is 1. The lowest BCUT2D eigenvalue weighted by Gasteiger charge is -2.12. The van der Waals surface area contributed by atoms with Gasteiger partial charge < -0.3 is 10.6 Å². The highest BCUT2D eigenvalue weighted by Crippen LogP contribution is 2.28. The second kappa shape index (κ2) is 8.15. The van der Waals surface area contributed by atoms with Gasteiger partial charge in [0, 0.05) is 19.2 Å². The molecule has 118 valence electrons. The molecule has 1 aromatic rings. The van der Waals surface area contributed by atoms with Crippen molar-refractivity contribution in [1.29, 1.82) is 0 Å². The highest BCUT2D eigenvalue weighted by Gasteiger charge is 2.15. The predicted molar refractivity (Wildman–Crippen MR) is 82.6 cm³/mol. The normalized spacial score (nSPS) is 15.4. The molecule has 5 heteroatoms. The molecule has 21 heavy (non-hydrogen) atoms. The second-order valence-corrected chi connectivity index (χ2v) is 5.80. The third-order valence-electron chi connectivity index (χ3n) is 4.03. The average Bonchev–Trinajstić information content (AvgIpc) is 2.97. The van der Waals surface area contributed by atoms with Crippen LogP contribution in [0.1, 0.15) is 51.9 Å². The molecule has 0 aliphatic heterocycles. The summed E-state index contributed by atoms with van der Waals surface area (Å²) >= 11 is 0. The second-order valence-electron chi connectivity index (χ2n) is 5.80. The van der Waals surface area contributed by atoms with Crippen molar-refractivity contribution in [3.8, 4) is 0 Å². The van der Waals surface area contributed by atoms with Crippen molar-refractivity contribution in [3.63, 3.8) is 0 Å². The Kier molecular flexibility index (Phi) is 6.21. The maximum absolute atomic E-state index is 13.7. The average molecular weight is 297 g/mol. The van der Waals surface area contributed by atoms with Crippen LogP contribution in [0.5, 0.6) is 0 Å². The molecule has 1 saturated carbocycles. The summed E-state index contributed by atoms with van der Waals surface area (Å²) in [5.41, 5.74) is 0. The van der Waals surface area contributed by atoms with Crippen LogP contribution >= 0.6 is 0 Å². The number of hydrogen-bond donors (Lipinski definition) is 2. The molecule has 1 aliphatic carbocycles. The van der Waals surface area contributed by atoms with Crippen molar-refractivity contribution in [3.05, 3.63) is 17.7 Å². The molecular weight excluding hydrogens is 272 g/mol. The van der Waals surface area contributed by atoms with E-state index in [1.54, 1.807) is 0 Å². The summed E-state index contributed by atoms with van der Waals surface area (Å²) in [6, 6.07) is 0.893. The predicted octanol–water partition coefficient (Wildman–Crippen LogP) is 4.56. The molecule has 0 saturated heterocycles. The van der Waals surface area contributed by atoms with E-state index in [1.807, 2.05) is 6.92 Å². The lowest BCUT2D eigenvalue weighted by atomic mass is 10.0. The van der Waals surface area contributed by atoms with Gasteiger partial charge in [-0.15, -0.1) is 0 Å². The van der Waals surface area contributed by atoms with Gasteiger partial charge in [-0.1, -0.05) is 32.6 Å². The van der Waals surface area contributed by atoms with Crippen LogP contribution < -0.4 is 10.6 Å². The highest BCUT2D eigenvalue weighted by atomic mass is 19.1. The van der Waals surface area contributed by atoms with Crippen LogP contribution in [0.2, 0.25) is 0 Å². The van der Waals surface area contributed by atoms with Crippen LogP contribution in [-0.4, -0.2) is 18.1 Å². The maximum atomic E-state index is 13.7. The van der Waals surface area contributed by atoms with Crippen LogP contribution in [0.25, 0.3) is 0 Å². The number of aromatic nitrogens is 1. The summed E-state index contributed by atoms with van der Waals surface area (Å²) in [6.07, 6.45) is 8.39. The van der Waals surface area contributed by atoms with Crippen molar-refractivity contribution < 1.29 is 8.78 Å². The zero-order valence-electron chi connectivity index (χ0n) is 12.7. The fourth-order valence-electron chi connectivity index (χ4n) is 2.85. The van der Waals surface area contributed by atoms with Crippen LogP contribution in [0, 0.1) is 17.6 Å². The largest absolute Gasteiger partial charge is 0.368 e. The molecule has 1 aromatic heterocycles. The molecule has 1 aliphatic rings. The van der Waals surface area contributed by atoms with Gasteiger partial charge in [-0.3, -0.25) is 0 Å². The molecule has 0 amide bonds. The van der Waals surface area contributed by atoms with Gasteiger partial charge in [-0.2, -0.15) is 0 Å². The van der Waals surface area contributed by atoms with Gasteiger partial charge in [0.1, 0.15) is 0 Å². The zero-order chi connectivity index (χ0) is 15.1. The SMILES string of the molecule is CCCNc1nc(NCCCC2CCCC2)c(F)cc1F. The quantitative estimate of drug-likeness (QED) is 0.690. The molecule has 0 aromatic carbocycles. The lowest BCUT2D eigenvalue weighted by molar-refractivity contribution is 0.490. The Labute approximate surface area is 125 Å². The van der Waals surface area contributed by atoms with Crippen molar-refractivity contribution in [2.24, 2.45) is 5.92 Å². The standard InChI is InChI=1S/C16H25F2N3/c1-2-9-19-15-13(17)11-14(18)16(21-15)20-10-5-8-12-6-3-4-7-12/h11-12H,2-10H2,1H3,(H2,19,20,21). The van der Waals surface area contributed by atoms with E-state index in [0.29, 0.717) is 13.1 Å². The van der Waals surface area contributed by atoms with E-state index in [-0.39, 0.29) is 11.6 Å². The first-order chi connectivity index (χ1) is 10.2. The Morgan fingerprint density at radius 3 is 2.33 bits per heavy atom. The number of nitrogens with one attached hydrogen (secondary N) is 2. The summed E-state index contributed by atoms with van der Waals surface area (Å²) in [5, 5.41) is 5.86. The van der Waals surface area contributed by atoms with Gasteiger partial charge in [0.05, 0.1) is 0 Å². The van der Waals surface area contributed by atoms with Crippen molar-refractivity contribution in [2.45, 2.75) is 51.9 Å². The highest BCUT2D eigenvalue weighted by molar-refractivity contribution is 5.47. The molecule has 0 unspecified atom stereocenters. The Morgan fingerprint density at radius 2 is 1.71 bits per heavy atom. The van der Waals surface area contributed by atoms with Gasteiger partial charge >= 0.3 is 0 Å². The maximum Gasteiger partial charge on any atom is 0.168 e. The van der Waals surface area contributed by atoms with E-state index in [4.69, 9.17) is 0 Å². The minimum Gasteiger partial charge on any atom is -0.368 e. The number of anilines is 2. The first-order valence-electron chi connectivity index (χ1n) is 8.04. The summed E-state index contributed by atoms with van der Waals surface area (Å²) in [5.74, 6) is -0.176. The van der Waals surface area contributed by atoms with E-state index >= 15 is 0 Å².